The summed E-state index contributed by atoms with van der Waals surface area (Å²) in [5.74, 6) is 0. The van der Waals surface area contributed by atoms with Crippen LogP contribution in [0.25, 0.3) is 0 Å². The first kappa shape index (κ1) is 18.2. The lowest BCUT2D eigenvalue weighted by Crippen LogP contribution is -1.99. The van der Waals surface area contributed by atoms with E-state index in [9.17, 15) is 9.59 Å². The Bertz CT molecular complexity index is 586. The van der Waals surface area contributed by atoms with Crippen LogP contribution in [-0.4, -0.2) is 10.2 Å². The highest BCUT2D eigenvalue weighted by molar-refractivity contribution is 8.30. The van der Waals surface area contributed by atoms with Crippen molar-refractivity contribution in [2.24, 2.45) is 0 Å². The van der Waals surface area contributed by atoms with Gasteiger partial charge >= 0.3 is 0 Å². The van der Waals surface area contributed by atoms with E-state index >= 15 is 0 Å². The van der Waals surface area contributed by atoms with E-state index in [2.05, 4.69) is 0 Å². The van der Waals surface area contributed by atoms with Gasteiger partial charge in [0.15, 0.2) is 10.2 Å². The van der Waals surface area contributed by atoms with Gasteiger partial charge < -0.3 is 0 Å². The van der Waals surface area contributed by atoms with Gasteiger partial charge in [0, 0.05) is 13.8 Å². The lowest BCUT2D eigenvalue weighted by molar-refractivity contribution is -0.109. The first-order valence-corrected chi connectivity index (χ1v) is 9.86. The molecular weight excluding hydrogens is 344 g/mol. The van der Waals surface area contributed by atoms with Gasteiger partial charge in [-0.1, -0.05) is 84.2 Å². The van der Waals surface area contributed by atoms with Crippen LogP contribution in [0.3, 0.4) is 0 Å². The molecule has 2 aromatic carbocycles. The van der Waals surface area contributed by atoms with Crippen LogP contribution >= 0.6 is 35.3 Å². The first-order valence-electron chi connectivity index (χ1n) is 7.16. The number of hydrogen-bond acceptors (Lipinski definition) is 5. The first-order chi connectivity index (χ1) is 11.1. The molecule has 0 heterocycles. The molecule has 0 spiro atoms. The molecule has 2 atom stereocenters. The molecule has 2 rings (SSSR count). The monoisotopic (exact) mass is 362 g/mol. The maximum absolute atomic E-state index is 11.6. The molecule has 0 saturated carbocycles. The van der Waals surface area contributed by atoms with Gasteiger partial charge in [-0.05, 0) is 11.1 Å². The Labute approximate surface area is 149 Å². The number of rotatable bonds is 6. The highest BCUT2D eigenvalue weighted by Gasteiger charge is 2.23. The van der Waals surface area contributed by atoms with Crippen molar-refractivity contribution in [3.8, 4) is 0 Å². The Balaban J connectivity index is 2.26. The Morgan fingerprint density at radius 1 is 0.696 bits per heavy atom. The molecule has 5 heteroatoms. The van der Waals surface area contributed by atoms with E-state index in [4.69, 9.17) is 0 Å². The van der Waals surface area contributed by atoms with Crippen molar-refractivity contribution in [2.75, 3.05) is 0 Å². The molecule has 0 amide bonds. The van der Waals surface area contributed by atoms with Gasteiger partial charge in [-0.2, -0.15) is 0 Å². The van der Waals surface area contributed by atoms with Crippen LogP contribution in [0.15, 0.2) is 60.7 Å². The zero-order valence-electron chi connectivity index (χ0n) is 13.0. The topological polar surface area (TPSA) is 34.1 Å². The van der Waals surface area contributed by atoms with Crippen LogP contribution in [0, 0.1) is 0 Å². The molecular formula is C18H18O2S3. The highest BCUT2D eigenvalue weighted by atomic mass is 32.2. The van der Waals surface area contributed by atoms with Crippen molar-refractivity contribution in [3.05, 3.63) is 71.8 Å². The minimum atomic E-state index is -0.0363. The number of carbonyl (C=O) groups is 2. The summed E-state index contributed by atoms with van der Waals surface area (Å²) >= 11 is 4.24. The second kappa shape index (κ2) is 9.21. The largest absolute Gasteiger partial charge is 0.287 e. The lowest BCUT2D eigenvalue weighted by Gasteiger charge is -2.22. The van der Waals surface area contributed by atoms with Crippen LogP contribution in [0.5, 0.6) is 0 Å². The van der Waals surface area contributed by atoms with Gasteiger partial charge in [-0.15, -0.1) is 11.8 Å². The van der Waals surface area contributed by atoms with Crippen molar-refractivity contribution in [2.45, 2.75) is 23.0 Å². The average Bonchev–Trinajstić information content (AvgIpc) is 2.54. The summed E-state index contributed by atoms with van der Waals surface area (Å²) in [5, 5.41) is 0.150. The summed E-state index contributed by atoms with van der Waals surface area (Å²) in [6.07, 6.45) is 0. The van der Waals surface area contributed by atoms with Crippen molar-refractivity contribution >= 4 is 45.5 Å². The van der Waals surface area contributed by atoms with Gasteiger partial charge in [-0.3, -0.25) is 9.59 Å². The van der Waals surface area contributed by atoms with Crippen LogP contribution in [0.4, 0.5) is 0 Å². The summed E-state index contributed by atoms with van der Waals surface area (Å²) in [6, 6.07) is 19.9. The smallest absolute Gasteiger partial charge is 0.187 e. The molecule has 0 bridgehead atoms. The summed E-state index contributed by atoms with van der Waals surface area (Å²) < 4.78 is -0.0727. The maximum atomic E-state index is 11.6. The zero-order valence-corrected chi connectivity index (χ0v) is 15.4. The number of benzene rings is 2. The fourth-order valence-corrected chi connectivity index (χ4v) is 6.16. The quantitative estimate of drug-likeness (QED) is 0.618. The SMILES string of the molecule is CC(=O)SC(SC(SC(C)=O)c1ccccc1)c1ccccc1. The molecule has 0 aromatic heterocycles. The van der Waals surface area contributed by atoms with E-state index in [1.165, 1.54) is 23.5 Å². The van der Waals surface area contributed by atoms with Crippen molar-refractivity contribution in [1.82, 2.24) is 0 Å². The Morgan fingerprint density at radius 3 is 1.35 bits per heavy atom. The second-order valence-corrected chi connectivity index (χ2v) is 9.22. The van der Waals surface area contributed by atoms with E-state index in [1.807, 2.05) is 60.7 Å². The van der Waals surface area contributed by atoms with Crippen molar-refractivity contribution < 1.29 is 9.59 Å². The standard InChI is InChI=1S/C18H18O2S3/c1-13(19)21-17(15-9-5-3-6-10-15)23-18(22-14(2)20)16-11-7-4-8-12-16/h3-12,17-18H,1-2H3. The minimum Gasteiger partial charge on any atom is -0.287 e. The average molecular weight is 363 g/mol. The van der Waals surface area contributed by atoms with Gasteiger partial charge in [-0.25, -0.2) is 0 Å². The fourth-order valence-electron chi connectivity index (χ4n) is 1.98. The predicted molar refractivity (Wildman–Crippen MR) is 103 cm³/mol. The molecule has 2 unspecified atom stereocenters. The number of hydrogen-bond donors (Lipinski definition) is 0. The molecule has 0 aliphatic heterocycles. The minimum absolute atomic E-state index is 0.0363. The molecule has 23 heavy (non-hydrogen) atoms. The molecule has 2 aromatic rings. The van der Waals surface area contributed by atoms with Gasteiger partial charge in [0.1, 0.15) is 0 Å². The lowest BCUT2D eigenvalue weighted by atomic mass is 10.2. The van der Waals surface area contributed by atoms with Crippen molar-refractivity contribution in [3.63, 3.8) is 0 Å². The second-order valence-electron chi connectivity index (χ2n) is 4.84. The predicted octanol–water partition coefficient (Wildman–Crippen LogP) is 5.68. The van der Waals surface area contributed by atoms with E-state index in [0.717, 1.165) is 11.1 Å². The fraction of sp³-hybridized carbons (Fsp3) is 0.222. The summed E-state index contributed by atoms with van der Waals surface area (Å²) in [5.41, 5.74) is 2.17. The van der Waals surface area contributed by atoms with Crippen LogP contribution in [0.2, 0.25) is 0 Å². The third kappa shape index (κ3) is 6.09. The normalized spacial score (nSPS) is 13.3. The van der Waals surface area contributed by atoms with E-state index in [0.29, 0.717) is 0 Å². The molecule has 0 aliphatic carbocycles. The molecule has 0 radical (unpaired) electrons. The highest BCUT2D eigenvalue weighted by Crippen LogP contribution is 2.51. The summed E-state index contributed by atoms with van der Waals surface area (Å²) in [6.45, 7) is 3.16. The molecule has 0 aliphatic rings. The van der Waals surface area contributed by atoms with Crippen LogP contribution < -0.4 is 0 Å². The van der Waals surface area contributed by atoms with Gasteiger partial charge in [0.25, 0.3) is 0 Å². The van der Waals surface area contributed by atoms with E-state index in [1.54, 1.807) is 25.6 Å². The zero-order chi connectivity index (χ0) is 16.7. The number of carbonyl (C=O) groups excluding carboxylic acids is 2. The van der Waals surface area contributed by atoms with Crippen molar-refractivity contribution in [1.29, 1.82) is 0 Å². The van der Waals surface area contributed by atoms with Crippen LogP contribution in [-0.2, 0) is 9.59 Å². The maximum Gasteiger partial charge on any atom is 0.187 e. The molecule has 120 valence electrons. The Hall–Kier alpha value is -1.17. The summed E-state index contributed by atoms with van der Waals surface area (Å²) in [4.78, 5) is 23.3. The van der Waals surface area contributed by atoms with E-state index < -0.39 is 0 Å². The molecule has 0 saturated heterocycles. The molecule has 0 N–H and O–H groups in total. The van der Waals surface area contributed by atoms with E-state index in [-0.39, 0.29) is 19.4 Å². The third-order valence-electron chi connectivity index (χ3n) is 2.94. The Morgan fingerprint density at radius 2 is 1.04 bits per heavy atom. The molecule has 2 nitrogen and oxygen atoms in total. The summed E-state index contributed by atoms with van der Waals surface area (Å²) in [7, 11) is 0. The molecule has 0 fully saturated rings. The number of thioether (sulfide) groups is 3. The third-order valence-corrected chi connectivity index (χ3v) is 6.86. The Kier molecular flexibility index (Phi) is 7.27. The van der Waals surface area contributed by atoms with Gasteiger partial charge in [0.2, 0.25) is 0 Å². The van der Waals surface area contributed by atoms with Crippen LogP contribution in [0.1, 0.15) is 34.1 Å². The van der Waals surface area contributed by atoms with Gasteiger partial charge in [0.05, 0.1) is 9.16 Å².